The number of benzene rings is 4. The zero-order chi connectivity index (χ0) is 33.4. The quantitative estimate of drug-likeness (QED) is 0.111. The Labute approximate surface area is 334 Å². The van der Waals surface area contributed by atoms with E-state index in [-0.39, 0.29) is 45.1 Å². The number of hydrogen-bond acceptors (Lipinski definition) is 0. The third kappa shape index (κ3) is 11.6. The molecule has 6 aromatic carbocycles. The van der Waals surface area contributed by atoms with Crippen molar-refractivity contribution in [1.29, 1.82) is 0 Å². The van der Waals surface area contributed by atoms with Crippen LogP contribution in [0.5, 0.6) is 0 Å². The third-order valence-electron chi connectivity index (χ3n) is 9.23. The molecule has 2 radical (unpaired) electrons. The molecule has 0 aliphatic heterocycles. The fourth-order valence-corrected chi connectivity index (χ4v) is 6.34. The average molecular weight is 801 g/mol. The van der Waals surface area contributed by atoms with E-state index in [0.717, 1.165) is 6.42 Å². The van der Waals surface area contributed by atoms with E-state index in [1.165, 1.54) is 102 Å². The van der Waals surface area contributed by atoms with E-state index < -0.39 is 0 Å². The predicted molar refractivity (Wildman–Crippen MR) is 229 cm³/mol. The van der Waals surface area contributed by atoms with Crippen LogP contribution in [0.25, 0.3) is 43.8 Å². The van der Waals surface area contributed by atoms with Gasteiger partial charge in [0.2, 0.25) is 0 Å². The van der Waals surface area contributed by atoms with E-state index in [9.17, 15) is 0 Å². The third-order valence-corrected chi connectivity index (χ3v) is 9.23. The van der Waals surface area contributed by atoms with Crippen LogP contribution in [0.3, 0.4) is 0 Å². The van der Waals surface area contributed by atoms with Gasteiger partial charge in [-0.2, -0.15) is 12.1 Å². The molecule has 6 rings (SSSR count). The predicted octanol–water partition coefficient (Wildman–Crippen LogP) is 14.7. The molecule has 6 aromatic rings. The van der Waals surface area contributed by atoms with Gasteiger partial charge in [-0.05, 0) is 52.3 Å². The van der Waals surface area contributed by atoms with Crippen molar-refractivity contribution < 1.29 is 23.3 Å². The van der Waals surface area contributed by atoms with Crippen LogP contribution >= 0.6 is 24.8 Å². The average Bonchev–Trinajstić information content (AvgIpc) is 3.70. The van der Waals surface area contributed by atoms with E-state index in [1.807, 2.05) is 0 Å². The summed E-state index contributed by atoms with van der Waals surface area (Å²) in [7, 11) is 0. The summed E-state index contributed by atoms with van der Waals surface area (Å²) < 4.78 is 0. The molecule has 1 atom stereocenters. The van der Waals surface area contributed by atoms with E-state index >= 15 is 0 Å². The number of aryl methyl sites for hydroxylation is 1. The molecule has 0 spiro atoms. The van der Waals surface area contributed by atoms with E-state index in [2.05, 4.69) is 171 Å². The van der Waals surface area contributed by atoms with Crippen LogP contribution < -0.4 is 0 Å². The molecule has 0 fully saturated rings. The van der Waals surface area contributed by atoms with Crippen LogP contribution in [0.4, 0.5) is 0 Å². The molecule has 0 aliphatic rings. The monoisotopic (exact) mass is 798 g/mol. The molecule has 0 bridgehead atoms. The first-order chi connectivity index (χ1) is 22.1. The Hall–Kier alpha value is -2.22. The molecule has 0 aromatic heterocycles. The first-order valence-corrected chi connectivity index (χ1v) is 21.1. The summed E-state index contributed by atoms with van der Waals surface area (Å²) in [6, 6.07) is 40.8. The SMILES string of the molecule is CCCC(C)c1cc2c(-c3ccc(C(C)(C)C)cc3)cccc2[cH-]1.CCc1cc2c(-c3ccc(C(C)C)cc3)cccc2[cH-]1.Cl.Cl.[CH3-].[CH3-].[Si]=[Zr]. The number of halogens is 2. The summed E-state index contributed by atoms with van der Waals surface area (Å²) in [5.74, 6) is 1.23. The van der Waals surface area contributed by atoms with Crippen molar-refractivity contribution in [3.8, 4) is 22.3 Å². The molecule has 0 aliphatic carbocycles. The molecule has 0 saturated heterocycles. The molecule has 0 heterocycles. The van der Waals surface area contributed by atoms with Crippen LogP contribution in [-0.4, -0.2) is 6.88 Å². The Morgan fingerprint density at radius 3 is 1.60 bits per heavy atom. The van der Waals surface area contributed by atoms with Gasteiger partial charge in [0, 0.05) is 0 Å². The van der Waals surface area contributed by atoms with Gasteiger partial charge >= 0.3 is 30.2 Å². The van der Waals surface area contributed by atoms with Gasteiger partial charge in [-0.15, -0.1) is 93.9 Å². The normalized spacial score (nSPS) is 11.0. The topological polar surface area (TPSA) is 0 Å². The molecule has 0 saturated carbocycles. The Balaban J connectivity index is 0.000000860. The summed E-state index contributed by atoms with van der Waals surface area (Å²) in [6.07, 6.45) is 3.59. The van der Waals surface area contributed by atoms with E-state index in [1.54, 1.807) is 0 Å². The van der Waals surface area contributed by atoms with Gasteiger partial charge in [-0.1, -0.05) is 134 Å². The van der Waals surface area contributed by atoms with Gasteiger partial charge in [-0.3, -0.25) is 0 Å². The first kappa shape index (κ1) is 47.8. The zero-order valence-electron chi connectivity index (χ0n) is 32.0. The van der Waals surface area contributed by atoms with Crippen LogP contribution in [0, 0.1) is 14.9 Å². The van der Waals surface area contributed by atoms with E-state index in [0.29, 0.717) is 11.8 Å². The van der Waals surface area contributed by atoms with Gasteiger partial charge in [0.15, 0.2) is 0 Å². The van der Waals surface area contributed by atoms with Crippen molar-refractivity contribution in [3.63, 3.8) is 0 Å². The molecule has 0 N–H and O–H groups in total. The number of rotatable bonds is 7. The Morgan fingerprint density at radius 2 is 1.14 bits per heavy atom. The van der Waals surface area contributed by atoms with E-state index in [4.69, 9.17) is 0 Å². The Bertz CT molecular complexity index is 1840. The standard InChI is InChI=1S/C24H29.C20H21.2CH3.2ClH.Si.Zr/c1-6-8-17(2)20-15-19-9-7-10-22(23(19)16-20)18-11-13-21(14-12-18)24(3,4)5;1-4-15-12-18-6-5-7-19(20(18)13-15)17-10-8-16(9-11-17)14(2)3;;;;;;/h7,9-17H,6,8H2,1-5H3;5-14H,4H2,1-3H3;2*1H3;2*1H;;/q4*-1;;;;. The molecular formula is C46H58Cl2SiZr-4. The second kappa shape index (κ2) is 22.0. The summed E-state index contributed by atoms with van der Waals surface area (Å²) in [5.41, 5.74) is 11.2. The number of fused-ring (bicyclic) bond motifs is 2. The van der Waals surface area contributed by atoms with Gasteiger partial charge in [0.05, 0.1) is 0 Å². The van der Waals surface area contributed by atoms with Crippen LogP contribution in [-0.2, 0) is 35.2 Å². The van der Waals surface area contributed by atoms with Crippen LogP contribution in [0.1, 0.15) is 102 Å². The minimum absolute atomic E-state index is 0. The first-order valence-electron chi connectivity index (χ1n) is 16.9. The van der Waals surface area contributed by atoms with Crippen molar-refractivity contribution in [1.82, 2.24) is 0 Å². The maximum atomic E-state index is 3.06. The van der Waals surface area contributed by atoms with Crippen molar-refractivity contribution in [2.24, 2.45) is 0 Å². The van der Waals surface area contributed by atoms with Crippen molar-refractivity contribution in [3.05, 3.63) is 146 Å². The van der Waals surface area contributed by atoms with Crippen LogP contribution in [0.15, 0.2) is 109 Å². The minimum atomic E-state index is 0. The van der Waals surface area contributed by atoms with Crippen molar-refractivity contribution in [2.45, 2.75) is 91.9 Å². The summed E-state index contributed by atoms with van der Waals surface area (Å²) in [6.45, 7) is 21.2. The molecule has 0 nitrogen and oxygen atoms in total. The zero-order valence-corrected chi connectivity index (χ0v) is 37.1. The summed E-state index contributed by atoms with van der Waals surface area (Å²) in [5, 5.41) is 5.48. The molecule has 4 heteroatoms. The van der Waals surface area contributed by atoms with Crippen molar-refractivity contribution in [2.75, 3.05) is 0 Å². The molecular weight excluding hydrogens is 743 g/mol. The molecule has 268 valence electrons. The molecule has 1 unspecified atom stereocenters. The second-order valence-corrected chi connectivity index (χ2v) is 13.9. The van der Waals surface area contributed by atoms with Gasteiger partial charge in [0.1, 0.15) is 0 Å². The summed E-state index contributed by atoms with van der Waals surface area (Å²) in [4.78, 5) is 0. The maximum absolute atomic E-state index is 3.06. The van der Waals surface area contributed by atoms with Gasteiger partial charge < -0.3 is 14.9 Å². The van der Waals surface area contributed by atoms with Gasteiger partial charge in [0.25, 0.3) is 0 Å². The second-order valence-electron chi connectivity index (χ2n) is 13.9. The Morgan fingerprint density at radius 1 is 0.660 bits per heavy atom. The number of hydrogen-bond donors (Lipinski definition) is 0. The molecule has 0 amide bonds. The Kier molecular flexibility index (Phi) is 21.0. The molecule has 50 heavy (non-hydrogen) atoms. The fraction of sp³-hybridized carbons (Fsp3) is 0.304. The van der Waals surface area contributed by atoms with Gasteiger partial charge in [-0.25, -0.2) is 0 Å². The van der Waals surface area contributed by atoms with Crippen molar-refractivity contribution >= 4 is 53.2 Å². The van der Waals surface area contributed by atoms with Crippen LogP contribution in [0.2, 0.25) is 0 Å². The fourth-order valence-electron chi connectivity index (χ4n) is 6.34. The summed E-state index contributed by atoms with van der Waals surface area (Å²) >= 11 is 1.36.